The van der Waals surface area contributed by atoms with E-state index in [1.54, 1.807) is 18.3 Å². The average Bonchev–Trinajstić information content (AvgIpc) is 2.76. The number of esters is 1. The summed E-state index contributed by atoms with van der Waals surface area (Å²) in [7, 11) is 0. The molecular formula is C13H21NO2S. The Morgan fingerprint density at radius 3 is 2.76 bits per heavy atom. The van der Waals surface area contributed by atoms with E-state index in [1.165, 1.54) is 32.1 Å². The fraction of sp³-hybridized carbons (Fsp3) is 0.692. The first kappa shape index (κ1) is 14.2. The highest BCUT2D eigenvalue weighted by Gasteiger charge is 2.06. The van der Waals surface area contributed by atoms with Crippen LogP contribution in [0.3, 0.4) is 0 Å². The first-order valence-corrected chi connectivity index (χ1v) is 7.29. The van der Waals surface area contributed by atoms with Crippen LogP contribution in [0.15, 0.2) is 5.38 Å². The van der Waals surface area contributed by atoms with Crippen LogP contribution in [-0.2, 0) is 11.2 Å². The zero-order valence-electron chi connectivity index (χ0n) is 10.7. The van der Waals surface area contributed by atoms with Gasteiger partial charge in [0.2, 0.25) is 5.88 Å². The molecule has 0 bridgehead atoms. The Kier molecular flexibility index (Phi) is 6.86. The molecule has 17 heavy (non-hydrogen) atoms. The number of carbonyl (C=O) groups is 1. The number of hydrogen-bond donors (Lipinski definition) is 0. The molecule has 0 aliphatic heterocycles. The maximum Gasteiger partial charge on any atom is 0.312 e. The van der Waals surface area contributed by atoms with Gasteiger partial charge in [-0.15, -0.1) is 11.3 Å². The lowest BCUT2D eigenvalue weighted by Gasteiger charge is -1.98. The molecule has 1 aromatic heterocycles. The van der Waals surface area contributed by atoms with Gasteiger partial charge in [0, 0.05) is 6.42 Å². The van der Waals surface area contributed by atoms with E-state index < -0.39 is 0 Å². The molecule has 0 aliphatic carbocycles. The van der Waals surface area contributed by atoms with Gasteiger partial charge in [0.1, 0.15) is 0 Å². The maximum atomic E-state index is 11.1. The molecule has 0 radical (unpaired) electrons. The van der Waals surface area contributed by atoms with Gasteiger partial charge in [0.25, 0.3) is 0 Å². The predicted octanol–water partition coefficient (Wildman–Crippen LogP) is 3.97. The normalized spacial score (nSPS) is 10.5. The first-order valence-electron chi connectivity index (χ1n) is 6.41. The third kappa shape index (κ3) is 5.82. The van der Waals surface area contributed by atoms with Crippen LogP contribution in [0.5, 0.6) is 5.88 Å². The number of ether oxygens (including phenoxy) is 1. The molecule has 3 nitrogen and oxygen atoms in total. The van der Waals surface area contributed by atoms with Crippen molar-refractivity contribution in [2.45, 2.75) is 58.8 Å². The van der Waals surface area contributed by atoms with E-state index in [-0.39, 0.29) is 5.97 Å². The molecule has 96 valence electrons. The van der Waals surface area contributed by atoms with Crippen molar-refractivity contribution in [3.05, 3.63) is 10.4 Å². The average molecular weight is 255 g/mol. The molecular weight excluding hydrogens is 234 g/mol. The summed E-state index contributed by atoms with van der Waals surface area (Å²) in [6.45, 7) is 4.00. The molecule has 0 N–H and O–H groups in total. The van der Waals surface area contributed by atoms with Crippen LogP contribution in [0.4, 0.5) is 0 Å². The summed E-state index contributed by atoms with van der Waals surface area (Å²) in [6, 6.07) is 0. The third-order valence-corrected chi connectivity index (χ3v) is 3.42. The van der Waals surface area contributed by atoms with E-state index in [1.807, 2.05) is 5.38 Å². The molecule has 1 rings (SSSR count). The van der Waals surface area contributed by atoms with Gasteiger partial charge in [-0.2, -0.15) is 0 Å². The third-order valence-electron chi connectivity index (χ3n) is 2.53. The minimum absolute atomic E-state index is 0.218. The molecule has 4 heteroatoms. The van der Waals surface area contributed by atoms with Gasteiger partial charge in [-0.1, -0.05) is 39.5 Å². The van der Waals surface area contributed by atoms with Gasteiger partial charge in [-0.25, -0.2) is 4.98 Å². The van der Waals surface area contributed by atoms with Crippen molar-refractivity contribution < 1.29 is 9.53 Å². The minimum atomic E-state index is -0.218. The lowest BCUT2D eigenvalue weighted by molar-refractivity contribution is -0.134. The molecule has 1 heterocycles. The summed E-state index contributed by atoms with van der Waals surface area (Å²) in [6.07, 6.45) is 7.72. The lowest BCUT2D eigenvalue weighted by Crippen LogP contribution is -2.05. The van der Waals surface area contributed by atoms with Gasteiger partial charge in [-0.05, 0) is 12.8 Å². The maximum absolute atomic E-state index is 11.1. The second-order valence-corrected chi connectivity index (χ2v) is 5.01. The van der Waals surface area contributed by atoms with Crippen LogP contribution in [0.2, 0.25) is 0 Å². The monoisotopic (exact) mass is 255 g/mol. The SMILES string of the molecule is CCCCCCCc1nc(OC(=O)CC)cs1. The number of aryl methyl sites for hydroxylation is 1. The fourth-order valence-corrected chi connectivity index (χ4v) is 2.27. The zero-order valence-corrected chi connectivity index (χ0v) is 11.5. The molecule has 0 aliphatic rings. The van der Waals surface area contributed by atoms with Gasteiger partial charge in [0.15, 0.2) is 0 Å². The number of hydrogen-bond acceptors (Lipinski definition) is 4. The summed E-state index contributed by atoms with van der Waals surface area (Å²) in [5.41, 5.74) is 0. The van der Waals surface area contributed by atoms with Crippen molar-refractivity contribution in [2.24, 2.45) is 0 Å². The van der Waals surface area contributed by atoms with Crippen LogP contribution in [0.25, 0.3) is 0 Å². The van der Waals surface area contributed by atoms with Crippen molar-refractivity contribution in [1.29, 1.82) is 0 Å². The van der Waals surface area contributed by atoms with Crippen LogP contribution in [0.1, 0.15) is 57.4 Å². The van der Waals surface area contributed by atoms with Gasteiger partial charge in [-0.3, -0.25) is 4.79 Å². The Labute approximate surface area is 107 Å². The first-order chi connectivity index (χ1) is 8.26. The van der Waals surface area contributed by atoms with Crippen molar-refractivity contribution in [1.82, 2.24) is 4.98 Å². The number of unbranched alkanes of at least 4 members (excludes halogenated alkanes) is 4. The van der Waals surface area contributed by atoms with Crippen molar-refractivity contribution >= 4 is 17.3 Å². The van der Waals surface area contributed by atoms with E-state index in [0.717, 1.165) is 11.4 Å². The summed E-state index contributed by atoms with van der Waals surface area (Å²) < 4.78 is 5.05. The molecule has 0 saturated carbocycles. The van der Waals surface area contributed by atoms with Crippen molar-refractivity contribution in [3.63, 3.8) is 0 Å². The second kappa shape index (κ2) is 8.23. The molecule has 0 spiro atoms. The predicted molar refractivity (Wildman–Crippen MR) is 70.5 cm³/mol. The molecule has 0 unspecified atom stereocenters. The summed E-state index contributed by atoms with van der Waals surface area (Å²) in [5, 5.41) is 2.88. The molecule has 0 amide bonds. The zero-order chi connectivity index (χ0) is 12.5. The number of rotatable bonds is 8. The number of aromatic nitrogens is 1. The molecule has 0 saturated heterocycles. The number of nitrogens with zero attached hydrogens (tertiary/aromatic N) is 1. The largest absolute Gasteiger partial charge is 0.407 e. The second-order valence-electron chi connectivity index (χ2n) is 4.07. The Morgan fingerprint density at radius 1 is 1.29 bits per heavy atom. The van der Waals surface area contributed by atoms with Crippen molar-refractivity contribution in [3.8, 4) is 5.88 Å². The molecule has 0 aromatic carbocycles. The minimum Gasteiger partial charge on any atom is -0.407 e. The van der Waals surface area contributed by atoms with Crippen LogP contribution < -0.4 is 4.74 Å². The van der Waals surface area contributed by atoms with Gasteiger partial charge in [0.05, 0.1) is 10.4 Å². The highest BCUT2D eigenvalue weighted by atomic mass is 32.1. The van der Waals surface area contributed by atoms with Crippen LogP contribution in [-0.4, -0.2) is 11.0 Å². The van der Waals surface area contributed by atoms with Gasteiger partial charge < -0.3 is 4.74 Å². The highest BCUT2D eigenvalue weighted by Crippen LogP contribution is 2.19. The van der Waals surface area contributed by atoms with E-state index in [0.29, 0.717) is 12.3 Å². The Bertz CT molecular complexity index is 336. The highest BCUT2D eigenvalue weighted by molar-refractivity contribution is 7.09. The topological polar surface area (TPSA) is 39.2 Å². The Morgan fingerprint density at radius 2 is 2.06 bits per heavy atom. The number of carbonyl (C=O) groups excluding carboxylic acids is 1. The summed E-state index contributed by atoms with van der Waals surface area (Å²) >= 11 is 1.58. The van der Waals surface area contributed by atoms with E-state index >= 15 is 0 Å². The molecule has 0 fully saturated rings. The van der Waals surface area contributed by atoms with Gasteiger partial charge >= 0.3 is 5.97 Å². The molecule has 0 atom stereocenters. The summed E-state index contributed by atoms with van der Waals surface area (Å²) in [5.74, 6) is 0.246. The Hall–Kier alpha value is -0.900. The van der Waals surface area contributed by atoms with E-state index in [9.17, 15) is 4.79 Å². The Balaban J connectivity index is 2.23. The van der Waals surface area contributed by atoms with E-state index in [2.05, 4.69) is 11.9 Å². The fourth-order valence-electron chi connectivity index (χ4n) is 1.52. The summed E-state index contributed by atoms with van der Waals surface area (Å²) in [4.78, 5) is 15.4. The van der Waals surface area contributed by atoms with E-state index in [4.69, 9.17) is 4.74 Å². The quantitative estimate of drug-likeness (QED) is 0.521. The van der Waals surface area contributed by atoms with Crippen LogP contribution >= 0.6 is 11.3 Å². The van der Waals surface area contributed by atoms with Crippen molar-refractivity contribution in [2.75, 3.05) is 0 Å². The number of thiazole rings is 1. The standard InChI is InChI=1S/C13H21NO2S/c1-3-5-6-7-8-9-12-14-11(10-17-12)16-13(15)4-2/h10H,3-9H2,1-2H3. The lowest BCUT2D eigenvalue weighted by atomic mass is 10.1. The van der Waals surface area contributed by atoms with Crippen LogP contribution in [0, 0.1) is 0 Å². The smallest absolute Gasteiger partial charge is 0.312 e. The molecule has 1 aromatic rings.